The van der Waals surface area contributed by atoms with Crippen molar-refractivity contribution in [2.75, 3.05) is 6.54 Å². The van der Waals surface area contributed by atoms with E-state index in [4.69, 9.17) is 5.73 Å². The van der Waals surface area contributed by atoms with Crippen LogP contribution in [-0.2, 0) is 16.6 Å². The van der Waals surface area contributed by atoms with Crippen molar-refractivity contribution >= 4 is 10.0 Å². The smallest absolute Gasteiger partial charge is 0.243 e. The number of sulfonamides is 1. The van der Waals surface area contributed by atoms with Crippen LogP contribution < -0.4 is 5.73 Å². The molecule has 3 rings (SSSR count). The summed E-state index contributed by atoms with van der Waals surface area (Å²) in [5.41, 5.74) is 8.68. The van der Waals surface area contributed by atoms with Gasteiger partial charge in [-0.25, -0.2) is 8.42 Å². The van der Waals surface area contributed by atoms with E-state index < -0.39 is 10.0 Å². The van der Waals surface area contributed by atoms with Gasteiger partial charge in [-0.1, -0.05) is 42.0 Å². The summed E-state index contributed by atoms with van der Waals surface area (Å²) in [5.74, 6) is 0. The summed E-state index contributed by atoms with van der Waals surface area (Å²) >= 11 is 0. The van der Waals surface area contributed by atoms with Gasteiger partial charge in [-0.3, -0.25) is 0 Å². The maximum atomic E-state index is 12.5. The monoisotopic (exact) mass is 302 g/mol. The first kappa shape index (κ1) is 14.3. The molecule has 0 amide bonds. The number of hydrogen-bond donors (Lipinski definition) is 1. The van der Waals surface area contributed by atoms with Crippen LogP contribution in [0.4, 0.5) is 0 Å². The van der Waals surface area contributed by atoms with E-state index in [0.717, 1.165) is 16.7 Å². The van der Waals surface area contributed by atoms with Gasteiger partial charge in [0.1, 0.15) is 0 Å². The molecule has 1 fully saturated rings. The average molecular weight is 302 g/mol. The van der Waals surface area contributed by atoms with Gasteiger partial charge in [-0.15, -0.1) is 0 Å². The number of benzene rings is 2. The second kappa shape index (κ2) is 5.26. The van der Waals surface area contributed by atoms with Crippen LogP contribution in [-0.4, -0.2) is 19.3 Å². The highest BCUT2D eigenvalue weighted by Crippen LogP contribution is 2.40. The van der Waals surface area contributed by atoms with Crippen molar-refractivity contribution in [3.63, 3.8) is 0 Å². The third-order valence-corrected chi connectivity index (χ3v) is 5.68. The van der Waals surface area contributed by atoms with Crippen LogP contribution in [0.5, 0.6) is 0 Å². The lowest BCUT2D eigenvalue weighted by molar-refractivity contribution is 0.554. The van der Waals surface area contributed by atoms with Crippen LogP contribution >= 0.6 is 0 Å². The summed E-state index contributed by atoms with van der Waals surface area (Å²) in [4.78, 5) is 0.356. The second-order valence-electron chi connectivity index (χ2n) is 5.35. The molecule has 5 heteroatoms. The van der Waals surface area contributed by atoms with Gasteiger partial charge in [-0.2, -0.15) is 4.31 Å². The third-order valence-electron chi connectivity index (χ3n) is 3.79. The Bertz CT molecular complexity index is 737. The molecule has 110 valence electrons. The molecule has 2 N–H and O–H groups in total. The van der Waals surface area contributed by atoms with Gasteiger partial charge >= 0.3 is 0 Å². The summed E-state index contributed by atoms with van der Waals surface area (Å²) in [6.07, 6.45) is 0. The number of nitrogens with zero attached hydrogens (tertiary/aromatic N) is 1. The van der Waals surface area contributed by atoms with Crippen LogP contribution in [0.3, 0.4) is 0 Å². The number of hydrogen-bond acceptors (Lipinski definition) is 3. The molecule has 1 aliphatic rings. The highest BCUT2D eigenvalue weighted by Gasteiger charge is 2.45. The zero-order chi connectivity index (χ0) is 15.0. The van der Waals surface area contributed by atoms with Crippen molar-refractivity contribution in [1.82, 2.24) is 4.31 Å². The molecule has 0 spiro atoms. The minimum Gasteiger partial charge on any atom is -0.326 e. The van der Waals surface area contributed by atoms with E-state index in [1.165, 1.54) is 4.31 Å². The van der Waals surface area contributed by atoms with E-state index in [1.807, 2.05) is 43.3 Å². The lowest BCUT2D eigenvalue weighted by Crippen LogP contribution is -2.12. The van der Waals surface area contributed by atoms with Crippen LogP contribution in [0.25, 0.3) is 0 Å². The average Bonchev–Trinajstić information content (AvgIpc) is 3.29. The molecule has 0 saturated carbocycles. The molecule has 2 atom stereocenters. The van der Waals surface area contributed by atoms with Crippen molar-refractivity contribution in [2.24, 2.45) is 5.73 Å². The van der Waals surface area contributed by atoms with Crippen LogP contribution in [0.1, 0.15) is 22.7 Å². The van der Waals surface area contributed by atoms with Gasteiger partial charge in [0.2, 0.25) is 10.0 Å². The Balaban J connectivity index is 1.81. The van der Waals surface area contributed by atoms with E-state index in [9.17, 15) is 8.42 Å². The largest absolute Gasteiger partial charge is 0.326 e. The molecule has 0 aromatic heterocycles. The first-order valence-corrected chi connectivity index (χ1v) is 8.34. The van der Waals surface area contributed by atoms with Gasteiger partial charge in [-0.05, 0) is 30.2 Å². The molecule has 0 bridgehead atoms. The maximum Gasteiger partial charge on any atom is 0.243 e. The van der Waals surface area contributed by atoms with Crippen molar-refractivity contribution in [3.8, 4) is 0 Å². The summed E-state index contributed by atoms with van der Waals surface area (Å²) in [5, 5.41) is 0. The fourth-order valence-electron chi connectivity index (χ4n) is 2.38. The Morgan fingerprint density at radius 1 is 1.10 bits per heavy atom. The van der Waals surface area contributed by atoms with Gasteiger partial charge in [0.05, 0.1) is 10.9 Å². The van der Waals surface area contributed by atoms with Crippen molar-refractivity contribution < 1.29 is 8.42 Å². The predicted octanol–water partition coefficient (Wildman–Crippen LogP) is 2.20. The fourth-order valence-corrected chi connectivity index (χ4v) is 3.93. The Kier molecular flexibility index (Phi) is 3.57. The molecule has 0 aliphatic carbocycles. The standard InChI is InChI=1S/C16H18N2O2S/c1-12-2-8-15(9-3-12)21(19,20)18-11-16(18)14-6-4-13(10-17)5-7-14/h2-9,16H,10-11,17H2,1H3. The molecule has 1 aliphatic heterocycles. The van der Waals surface area contributed by atoms with Crippen LogP contribution in [0.15, 0.2) is 53.4 Å². The minimum absolute atomic E-state index is 0.0527. The summed E-state index contributed by atoms with van der Waals surface area (Å²) in [6.45, 7) is 2.98. The first-order valence-electron chi connectivity index (χ1n) is 6.90. The Labute approximate surface area is 125 Å². The van der Waals surface area contributed by atoms with Gasteiger partial charge < -0.3 is 5.73 Å². The molecular formula is C16H18N2O2S. The second-order valence-corrected chi connectivity index (χ2v) is 7.24. The van der Waals surface area contributed by atoms with Crippen molar-refractivity contribution in [1.29, 1.82) is 0 Å². The van der Waals surface area contributed by atoms with Crippen LogP contribution in [0.2, 0.25) is 0 Å². The van der Waals surface area contributed by atoms with E-state index in [2.05, 4.69) is 0 Å². The molecule has 1 saturated heterocycles. The van der Waals surface area contributed by atoms with Crippen molar-refractivity contribution in [2.45, 2.75) is 24.4 Å². The van der Waals surface area contributed by atoms with Crippen molar-refractivity contribution in [3.05, 3.63) is 65.2 Å². The van der Waals surface area contributed by atoms with E-state index in [0.29, 0.717) is 18.0 Å². The molecule has 0 radical (unpaired) electrons. The highest BCUT2D eigenvalue weighted by molar-refractivity contribution is 7.89. The van der Waals surface area contributed by atoms with E-state index in [1.54, 1.807) is 12.1 Å². The Morgan fingerprint density at radius 2 is 1.71 bits per heavy atom. The summed E-state index contributed by atoms with van der Waals surface area (Å²) in [6, 6.07) is 14.7. The molecule has 21 heavy (non-hydrogen) atoms. The molecule has 1 heterocycles. The molecule has 4 nitrogen and oxygen atoms in total. The lowest BCUT2D eigenvalue weighted by Gasteiger charge is -2.07. The summed E-state index contributed by atoms with van der Waals surface area (Å²) < 4.78 is 26.6. The topological polar surface area (TPSA) is 63.2 Å². The van der Waals surface area contributed by atoms with Gasteiger partial charge in [0.25, 0.3) is 0 Å². The molecule has 2 aromatic carbocycles. The zero-order valence-electron chi connectivity index (χ0n) is 11.9. The molecule has 2 aromatic rings. The third kappa shape index (κ3) is 2.72. The van der Waals surface area contributed by atoms with E-state index >= 15 is 0 Å². The number of nitrogens with two attached hydrogens (primary N) is 1. The summed E-state index contributed by atoms with van der Waals surface area (Å²) in [7, 11) is -3.39. The van der Waals surface area contributed by atoms with Crippen LogP contribution in [0, 0.1) is 6.92 Å². The molecule has 2 unspecified atom stereocenters. The minimum atomic E-state index is -3.39. The Morgan fingerprint density at radius 3 is 2.29 bits per heavy atom. The quantitative estimate of drug-likeness (QED) is 0.881. The highest BCUT2D eigenvalue weighted by atomic mass is 32.2. The Hall–Kier alpha value is -1.69. The fraction of sp³-hybridized carbons (Fsp3) is 0.250. The zero-order valence-corrected chi connectivity index (χ0v) is 12.7. The first-order chi connectivity index (χ1) is 10.0. The maximum absolute atomic E-state index is 12.5. The predicted molar refractivity (Wildman–Crippen MR) is 82.1 cm³/mol. The number of rotatable bonds is 4. The lowest BCUT2D eigenvalue weighted by atomic mass is 10.1. The van der Waals surface area contributed by atoms with E-state index in [-0.39, 0.29) is 6.04 Å². The number of aryl methyl sites for hydroxylation is 1. The molecular weight excluding hydrogens is 284 g/mol. The SMILES string of the molecule is Cc1ccc(S(=O)(=O)N2CC2c2ccc(CN)cc2)cc1. The van der Waals surface area contributed by atoms with Gasteiger partial charge in [0.15, 0.2) is 0 Å². The van der Waals surface area contributed by atoms with Gasteiger partial charge in [0, 0.05) is 13.1 Å². The normalized spacial score (nSPS) is 21.2.